The molecule has 2 rings (SSSR count). The molecule has 154 valence electrons. The van der Waals surface area contributed by atoms with Gasteiger partial charge >= 0.3 is 5.97 Å². The summed E-state index contributed by atoms with van der Waals surface area (Å²) in [5.74, 6) is -1.00. The maximum Gasteiger partial charge on any atom is 0.331 e. The maximum atomic E-state index is 12.7. The highest BCUT2D eigenvalue weighted by atomic mass is 32.2. The number of hydrogen-bond acceptors (Lipinski definition) is 5. The second-order valence-corrected chi connectivity index (χ2v) is 8.99. The van der Waals surface area contributed by atoms with Gasteiger partial charge in [0.1, 0.15) is 0 Å². The van der Waals surface area contributed by atoms with E-state index in [4.69, 9.17) is 4.74 Å². The van der Waals surface area contributed by atoms with Crippen molar-refractivity contribution in [1.82, 2.24) is 9.62 Å². The van der Waals surface area contributed by atoms with Crippen molar-refractivity contribution >= 4 is 28.0 Å². The molecular weight excluding hydrogens is 380 g/mol. The maximum absolute atomic E-state index is 12.7. The Morgan fingerprint density at radius 1 is 1.11 bits per heavy atom. The molecule has 1 aromatic carbocycles. The number of carbonyl (C=O) groups excluding carboxylic acids is 2. The summed E-state index contributed by atoms with van der Waals surface area (Å²) in [7, 11) is -3.49. The third-order valence-electron chi connectivity index (χ3n) is 4.29. The van der Waals surface area contributed by atoms with Crippen LogP contribution in [0.1, 0.15) is 45.1 Å². The zero-order chi connectivity index (χ0) is 20.6. The van der Waals surface area contributed by atoms with Gasteiger partial charge in [-0.05, 0) is 50.5 Å². The number of ether oxygens (including phenoxy) is 1. The fourth-order valence-electron chi connectivity index (χ4n) is 2.89. The van der Waals surface area contributed by atoms with Gasteiger partial charge in [0.15, 0.2) is 6.61 Å². The SMILES string of the molecule is CC(C)NC(=O)COC(=O)C=Cc1ccc(S(=O)(=O)N2CCCCCC2)cc1. The van der Waals surface area contributed by atoms with Gasteiger partial charge in [0.05, 0.1) is 4.90 Å². The number of nitrogens with one attached hydrogen (secondary N) is 1. The third kappa shape index (κ3) is 6.76. The third-order valence-corrected chi connectivity index (χ3v) is 6.20. The molecule has 0 radical (unpaired) electrons. The summed E-state index contributed by atoms with van der Waals surface area (Å²) in [6.07, 6.45) is 6.62. The number of hydrogen-bond donors (Lipinski definition) is 1. The second kappa shape index (κ2) is 10.4. The number of carbonyl (C=O) groups is 2. The Morgan fingerprint density at radius 3 is 2.29 bits per heavy atom. The minimum Gasteiger partial charge on any atom is -0.452 e. The molecule has 0 bridgehead atoms. The molecule has 0 spiro atoms. The fraction of sp³-hybridized carbons (Fsp3) is 0.500. The predicted octanol–water partition coefficient (Wildman–Crippen LogP) is 2.33. The van der Waals surface area contributed by atoms with Gasteiger partial charge in [-0.15, -0.1) is 0 Å². The van der Waals surface area contributed by atoms with Crippen molar-refractivity contribution in [2.24, 2.45) is 0 Å². The number of sulfonamides is 1. The summed E-state index contributed by atoms with van der Waals surface area (Å²) in [6, 6.07) is 6.34. The Labute approximate surface area is 166 Å². The van der Waals surface area contributed by atoms with Crippen LogP contribution >= 0.6 is 0 Å². The predicted molar refractivity (Wildman–Crippen MR) is 107 cm³/mol. The lowest BCUT2D eigenvalue weighted by molar-refractivity contribution is -0.143. The smallest absolute Gasteiger partial charge is 0.331 e. The van der Waals surface area contributed by atoms with Crippen LogP contribution in [0.4, 0.5) is 0 Å². The van der Waals surface area contributed by atoms with Crippen LogP contribution in [-0.2, 0) is 24.3 Å². The summed E-state index contributed by atoms with van der Waals surface area (Å²) in [4.78, 5) is 23.4. The summed E-state index contributed by atoms with van der Waals surface area (Å²) in [5, 5.41) is 2.62. The quantitative estimate of drug-likeness (QED) is 0.552. The molecular formula is C20H28N2O5S. The number of esters is 1. The van der Waals surface area contributed by atoms with Gasteiger partial charge in [0, 0.05) is 25.2 Å². The van der Waals surface area contributed by atoms with Crippen LogP contribution in [0.2, 0.25) is 0 Å². The van der Waals surface area contributed by atoms with Gasteiger partial charge < -0.3 is 10.1 Å². The van der Waals surface area contributed by atoms with Crippen molar-refractivity contribution in [3.05, 3.63) is 35.9 Å². The van der Waals surface area contributed by atoms with E-state index in [0.29, 0.717) is 18.7 Å². The molecule has 1 N–H and O–H groups in total. The van der Waals surface area contributed by atoms with Crippen molar-refractivity contribution in [3.63, 3.8) is 0 Å². The van der Waals surface area contributed by atoms with E-state index in [1.54, 1.807) is 28.6 Å². The van der Waals surface area contributed by atoms with Crippen molar-refractivity contribution in [3.8, 4) is 0 Å². The van der Waals surface area contributed by atoms with Gasteiger partial charge in [0.25, 0.3) is 5.91 Å². The lowest BCUT2D eigenvalue weighted by Crippen LogP contribution is -2.33. The van der Waals surface area contributed by atoms with Gasteiger partial charge in [-0.2, -0.15) is 4.31 Å². The molecule has 1 aliphatic heterocycles. The Kier molecular flexibility index (Phi) is 8.19. The molecule has 0 saturated carbocycles. The van der Waals surface area contributed by atoms with Crippen LogP contribution in [0.15, 0.2) is 35.2 Å². The molecule has 28 heavy (non-hydrogen) atoms. The van der Waals surface area contributed by atoms with Crippen LogP contribution in [0.5, 0.6) is 0 Å². The van der Waals surface area contributed by atoms with Crippen molar-refractivity contribution in [2.45, 2.75) is 50.5 Å². The molecule has 8 heteroatoms. The Bertz CT molecular complexity index is 792. The number of rotatable bonds is 7. The molecule has 1 fully saturated rings. The molecule has 0 atom stereocenters. The Morgan fingerprint density at radius 2 is 1.71 bits per heavy atom. The van der Waals surface area contributed by atoms with Crippen molar-refractivity contribution in [1.29, 1.82) is 0 Å². The van der Waals surface area contributed by atoms with Gasteiger partial charge in [-0.25, -0.2) is 13.2 Å². The first-order valence-corrected chi connectivity index (χ1v) is 11.0. The van der Waals surface area contributed by atoms with Gasteiger partial charge in [-0.1, -0.05) is 25.0 Å². The van der Waals surface area contributed by atoms with Crippen LogP contribution < -0.4 is 5.32 Å². The zero-order valence-electron chi connectivity index (χ0n) is 16.4. The number of amides is 1. The summed E-state index contributed by atoms with van der Waals surface area (Å²) < 4.78 is 31.9. The minimum absolute atomic E-state index is 0.0224. The Balaban J connectivity index is 1.93. The highest BCUT2D eigenvalue weighted by Crippen LogP contribution is 2.21. The minimum atomic E-state index is -3.49. The monoisotopic (exact) mass is 408 g/mol. The van der Waals surface area contributed by atoms with Gasteiger partial charge in [0.2, 0.25) is 10.0 Å². The molecule has 1 aliphatic rings. The molecule has 1 heterocycles. The molecule has 0 unspecified atom stereocenters. The molecule has 1 aromatic rings. The van der Waals surface area contributed by atoms with E-state index in [9.17, 15) is 18.0 Å². The topological polar surface area (TPSA) is 92.8 Å². The average Bonchev–Trinajstić information content (AvgIpc) is 2.94. The van der Waals surface area contributed by atoms with E-state index in [2.05, 4.69) is 5.32 Å². The largest absolute Gasteiger partial charge is 0.452 e. The lowest BCUT2D eigenvalue weighted by Gasteiger charge is -2.19. The molecule has 7 nitrogen and oxygen atoms in total. The van der Waals surface area contributed by atoms with Crippen LogP contribution in [0.3, 0.4) is 0 Å². The highest BCUT2D eigenvalue weighted by Gasteiger charge is 2.24. The van der Waals surface area contributed by atoms with E-state index >= 15 is 0 Å². The summed E-state index contributed by atoms with van der Waals surface area (Å²) in [6.45, 7) is 4.40. The second-order valence-electron chi connectivity index (χ2n) is 7.05. The number of benzene rings is 1. The van der Waals surface area contributed by atoms with E-state index in [-0.39, 0.29) is 23.5 Å². The summed E-state index contributed by atoms with van der Waals surface area (Å²) >= 11 is 0. The summed E-state index contributed by atoms with van der Waals surface area (Å²) in [5.41, 5.74) is 0.665. The van der Waals surface area contributed by atoms with E-state index < -0.39 is 16.0 Å². The van der Waals surface area contributed by atoms with E-state index in [0.717, 1.165) is 25.7 Å². The van der Waals surface area contributed by atoms with Crippen LogP contribution in [0.25, 0.3) is 6.08 Å². The normalized spacial score (nSPS) is 16.1. The standard InChI is InChI=1S/C20H28N2O5S/c1-16(2)21-19(23)15-27-20(24)12-9-17-7-10-18(11-8-17)28(25,26)22-13-5-3-4-6-14-22/h7-12,16H,3-6,13-15H2,1-2H3,(H,21,23). The van der Waals surface area contributed by atoms with Crippen LogP contribution in [-0.4, -0.2) is 50.3 Å². The van der Waals surface area contributed by atoms with Crippen LogP contribution in [0, 0.1) is 0 Å². The first-order chi connectivity index (χ1) is 13.3. The van der Waals surface area contributed by atoms with E-state index in [1.807, 2.05) is 13.8 Å². The van der Waals surface area contributed by atoms with Crippen molar-refractivity contribution < 1.29 is 22.7 Å². The average molecular weight is 409 g/mol. The fourth-order valence-corrected chi connectivity index (χ4v) is 4.41. The molecule has 1 amide bonds. The Hall–Kier alpha value is -2.19. The van der Waals surface area contributed by atoms with E-state index in [1.165, 1.54) is 12.2 Å². The molecule has 0 aliphatic carbocycles. The lowest BCUT2D eigenvalue weighted by atomic mass is 10.2. The molecule has 0 aromatic heterocycles. The van der Waals surface area contributed by atoms with Crippen molar-refractivity contribution in [2.75, 3.05) is 19.7 Å². The highest BCUT2D eigenvalue weighted by molar-refractivity contribution is 7.89. The first kappa shape index (κ1) is 22.1. The number of nitrogens with zero attached hydrogens (tertiary/aromatic N) is 1. The van der Waals surface area contributed by atoms with Gasteiger partial charge in [-0.3, -0.25) is 4.79 Å². The first-order valence-electron chi connectivity index (χ1n) is 9.53. The molecule has 1 saturated heterocycles. The zero-order valence-corrected chi connectivity index (χ0v) is 17.2.